The second kappa shape index (κ2) is 5.49. The molecule has 0 aromatic heterocycles. The first-order chi connectivity index (χ1) is 7.96. The molecule has 1 N–H and O–H groups in total. The van der Waals surface area contributed by atoms with Crippen molar-refractivity contribution in [2.75, 3.05) is 20.2 Å². The summed E-state index contributed by atoms with van der Waals surface area (Å²) in [5.74, 6) is 0.154. The molecule has 0 spiro atoms. The Kier molecular flexibility index (Phi) is 4.51. The molecule has 1 rings (SSSR count). The van der Waals surface area contributed by atoms with Crippen LogP contribution in [0.15, 0.2) is 5.16 Å². The number of likely N-dealkylation sites (tertiary alicyclic amines) is 1. The van der Waals surface area contributed by atoms with Crippen LogP contribution in [-0.4, -0.2) is 47.5 Å². The van der Waals surface area contributed by atoms with Crippen molar-refractivity contribution in [3.8, 4) is 0 Å². The molecule has 1 aliphatic rings. The molecule has 0 aromatic carbocycles. The quantitative estimate of drug-likeness (QED) is 0.602. The maximum absolute atomic E-state index is 12.2. The van der Waals surface area contributed by atoms with Crippen LogP contribution < -0.4 is 0 Å². The number of piperidine rings is 1. The fraction of sp³-hybridized carbons (Fsp3) is 0.833. The largest absolute Gasteiger partial charge is 0.411 e. The van der Waals surface area contributed by atoms with Gasteiger partial charge in [0.2, 0.25) is 0 Å². The van der Waals surface area contributed by atoms with Crippen LogP contribution in [0.4, 0.5) is 0 Å². The summed E-state index contributed by atoms with van der Waals surface area (Å²) in [6.07, 6.45) is 1.51. The van der Waals surface area contributed by atoms with Gasteiger partial charge in [-0.25, -0.2) is 0 Å². The van der Waals surface area contributed by atoms with E-state index in [9.17, 15) is 4.79 Å². The van der Waals surface area contributed by atoms with E-state index in [0.717, 1.165) is 12.1 Å². The van der Waals surface area contributed by atoms with Gasteiger partial charge >= 0.3 is 0 Å². The number of ether oxygens (including phenoxy) is 1. The highest BCUT2D eigenvalue weighted by atomic mass is 16.5. The normalized spacial score (nSPS) is 24.1. The molecule has 0 radical (unpaired) electrons. The average molecular weight is 242 g/mol. The Balaban J connectivity index is 2.74. The van der Waals surface area contributed by atoms with Crippen molar-refractivity contribution in [1.29, 1.82) is 0 Å². The number of nitrogens with zero attached hydrogens (tertiary/aromatic N) is 2. The highest BCUT2D eigenvalue weighted by molar-refractivity contribution is 5.91. The molecule has 5 nitrogen and oxygen atoms in total. The number of hydrogen-bond acceptors (Lipinski definition) is 4. The van der Waals surface area contributed by atoms with Crippen molar-refractivity contribution in [2.45, 2.75) is 39.2 Å². The van der Waals surface area contributed by atoms with E-state index in [1.54, 1.807) is 25.9 Å². The first kappa shape index (κ1) is 14.0. The van der Waals surface area contributed by atoms with Crippen LogP contribution >= 0.6 is 0 Å². The first-order valence-corrected chi connectivity index (χ1v) is 6.01. The van der Waals surface area contributed by atoms with Crippen molar-refractivity contribution in [2.24, 2.45) is 11.1 Å². The molecule has 1 heterocycles. The van der Waals surface area contributed by atoms with Crippen LogP contribution in [-0.2, 0) is 9.53 Å². The van der Waals surface area contributed by atoms with Gasteiger partial charge in [0.25, 0.3) is 5.91 Å². The standard InChI is InChI=1S/C12H22N2O3/c1-5-9-8-14(7-6-10(9)13-16)11(15)12(2,3)17-4/h9,16H,5-8H2,1-4H3. The molecule has 5 heteroatoms. The van der Waals surface area contributed by atoms with Gasteiger partial charge in [-0.3, -0.25) is 4.79 Å². The van der Waals surface area contributed by atoms with Gasteiger partial charge in [-0.1, -0.05) is 12.1 Å². The zero-order chi connectivity index (χ0) is 13.1. The molecule has 0 aliphatic carbocycles. The van der Waals surface area contributed by atoms with Crippen molar-refractivity contribution in [1.82, 2.24) is 4.90 Å². The lowest BCUT2D eigenvalue weighted by molar-refractivity contribution is -0.151. The molecule has 0 bridgehead atoms. The van der Waals surface area contributed by atoms with Crippen LogP contribution in [0.2, 0.25) is 0 Å². The summed E-state index contributed by atoms with van der Waals surface area (Å²) in [6, 6.07) is 0. The minimum absolute atomic E-state index is 0.00422. The van der Waals surface area contributed by atoms with Crippen molar-refractivity contribution in [3.05, 3.63) is 0 Å². The van der Waals surface area contributed by atoms with E-state index in [1.165, 1.54) is 0 Å². The predicted octanol–water partition coefficient (Wildman–Crippen LogP) is 1.50. The Labute approximate surface area is 102 Å². The van der Waals surface area contributed by atoms with Crippen LogP contribution in [0.25, 0.3) is 0 Å². The van der Waals surface area contributed by atoms with E-state index < -0.39 is 5.60 Å². The van der Waals surface area contributed by atoms with Crippen molar-refractivity contribution >= 4 is 11.6 Å². The lowest BCUT2D eigenvalue weighted by atomic mass is 9.92. The summed E-state index contributed by atoms with van der Waals surface area (Å²) in [6.45, 7) is 6.78. The number of methoxy groups -OCH3 is 1. The molecule has 1 atom stereocenters. The monoisotopic (exact) mass is 242 g/mol. The summed E-state index contributed by atoms with van der Waals surface area (Å²) in [5.41, 5.74) is 0.0124. The van der Waals surface area contributed by atoms with Crippen LogP contribution in [0.1, 0.15) is 33.6 Å². The van der Waals surface area contributed by atoms with E-state index >= 15 is 0 Å². The topological polar surface area (TPSA) is 62.1 Å². The molecular weight excluding hydrogens is 220 g/mol. The van der Waals surface area contributed by atoms with Gasteiger partial charge in [0.15, 0.2) is 0 Å². The Morgan fingerprint density at radius 2 is 2.29 bits per heavy atom. The van der Waals surface area contributed by atoms with Crippen LogP contribution in [0.5, 0.6) is 0 Å². The number of carbonyl (C=O) groups is 1. The smallest absolute Gasteiger partial charge is 0.254 e. The fourth-order valence-electron chi connectivity index (χ4n) is 2.07. The zero-order valence-corrected chi connectivity index (χ0v) is 11.1. The van der Waals surface area contributed by atoms with Crippen molar-refractivity contribution < 1.29 is 14.7 Å². The second-order valence-electron chi connectivity index (χ2n) is 4.91. The summed E-state index contributed by atoms with van der Waals surface area (Å²) < 4.78 is 5.20. The number of hydrogen-bond donors (Lipinski definition) is 1. The molecule has 0 saturated carbocycles. The number of rotatable bonds is 3. The minimum atomic E-state index is -0.786. The molecular formula is C12H22N2O3. The molecule has 1 amide bonds. The lowest BCUT2D eigenvalue weighted by Gasteiger charge is -2.37. The van der Waals surface area contributed by atoms with E-state index in [0.29, 0.717) is 19.5 Å². The molecule has 1 aliphatic heterocycles. The van der Waals surface area contributed by atoms with Crippen LogP contribution in [0.3, 0.4) is 0 Å². The fourth-order valence-corrected chi connectivity index (χ4v) is 2.07. The third kappa shape index (κ3) is 2.97. The van der Waals surface area contributed by atoms with E-state index in [1.807, 2.05) is 6.92 Å². The number of oxime groups is 1. The number of carbonyl (C=O) groups excluding carboxylic acids is 1. The third-order valence-corrected chi connectivity index (χ3v) is 3.48. The van der Waals surface area contributed by atoms with E-state index in [-0.39, 0.29) is 11.8 Å². The Bertz CT molecular complexity index is 313. The SMILES string of the molecule is CCC1CN(C(=O)C(C)(C)OC)CCC1=NO. The highest BCUT2D eigenvalue weighted by Crippen LogP contribution is 2.21. The number of amides is 1. The minimum Gasteiger partial charge on any atom is -0.411 e. The van der Waals surface area contributed by atoms with Gasteiger partial charge in [-0.2, -0.15) is 0 Å². The van der Waals surface area contributed by atoms with E-state index in [4.69, 9.17) is 9.94 Å². The Morgan fingerprint density at radius 3 is 2.76 bits per heavy atom. The molecule has 1 fully saturated rings. The highest BCUT2D eigenvalue weighted by Gasteiger charge is 2.35. The maximum atomic E-state index is 12.2. The second-order valence-corrected chi connectivity index (χ2v) is 4.91. The Hall–Kier alpha value is -1.10. The average Bonchev–Trinajstić information content (AvgIpc) is 2.36. The molecule has 17 heavy (non-hydrogen) atoms. The van der Waals surface area contributed by atoms with Gasteiger partial charge in [-0.05, 0) is 20.3 Å². The summed E-state index contributed by atoms with van der Waals surface area (Å²) in [4.78, 5) is 14.0. The maximum Gasteiger partial charge on any atom is 0.254 e. The van der Waals surface area contributed by atoms with Gasteiger partial charge < -0.3 is 14.8 Å². The summed E-state index contributed by atoms with van der Waals surface area (Å²) in [5, 5.41) is 12.2. The van der Waals surface area contributed by atoms with Gasteiger partial charge in [0.05, 0.1) is 5.71 Å². The molecule has 0 aromatic rings. The molecule has 1 unspecified atom stereocenters. The summed E-state index contributed by atoms with van der Waals surface area (Å²) >= 11 is 0. The predicted molar refractivity (Wildman–Crippen MR) is 65.3 cm³/mol. The van der Waals surface area contributed by atoms with Gasteiger partial charge in [-0.15, -0.1) is 0 Å². The lowest BCUT2D eigenvalue weighted by Crippen LogP contribution is -2.52. The summed E-state index contributed by atoms with van der Waals surface area (Å²) in [7, 11) is 1.54. The van der Waals surface area contributed by atoms with Gasteiger partial charge in [0, 0.05) is 32.5 Å². The first-order valence-electron chi connectivity index (χ1n) is 6.01. The van der Waals surface area contributed by atoms with Crippen LogP contribution in [0, 0.1) is 5.92 Å². The zero-order valence-electron chi connectivity index (χ0n) is 11.1. The molecule has 1 saturated heterocycles. The van der Waals surface area contributed by atoms with E-state index in [2.05, 4.69) is 5.16 Å². The van der Waals surface area contributed by atoms with Crippen molar-refractivity contribution in [3.63, 3.8) is 0 Å². The van der Waals surface area contributed by atoms with Gasteiger partial charge in [0.1, 0.15) is 5.60 Å². The molecule has 98 valence electrons. The third-order valence-electron chi connectivity index (χ3n) is 3.48. The Morgan fingerprint density at radius 1 is 1.65 bits per heavy atom.